The molecule has 132 valence electrons. The van der Waals surface area contributed by atoms with Gasteiger partial charge >= 0.3 is 0 Å². The summed E-state index contributed by atoms with van der Waals surface area (Å²) < 4.78 is 0. The number of carbonyl (C=O) groups excluding carboxylic acids is 1. The van der Waals surface area contributed by atoms with E-state index >= 15 is 0 Å². The van der Waals surface area contributed by atoms with Crippen molar-refractivity contribution in [1.82, 2.24) is 14.8 Å². The molecule has 0 bridgehead atoms. The van der Waals surface area contributed by atoms with Gasteiger partial charge in [-0.1, -0.05) is 6.07 Å². The number of likely N-dealkylation sites (N-methyl/N-ethyl adjacent to an activating group) is 1. The van der Waals surface area contributed by atoms with Crippen LogP contribution in [0.2, 0.25) is 0 Å². The number of nitrogens with zero attached hydrogens (tertiary/aromatic N) is 4. The number of aromatic nitrogens is 1. The third kappa shape index (κ3) is 4.22. The van der Waals surface area contributed by atoms with E-state index in [0.717, 1.165) is 50.1 Å². The molecule has 0 spiro atoms. The highest BCUT2D eigenvalue weighted by Crippen LogP contribution is 2.30. The van der Waals surface area contributed by atoms with E-state index in [1.54, 1.807) is 0 Å². The zero-order valence-electron chi connectivity index (χ0n) is 14.7. The van der Waals surface area contributed by atoms with Gasteiger partial charge in [0.15, 0.2) is 0 Å². The van der Waals surface area contributed by atoms with Gasteiger partial charge in [-0.2, -0.15) is 11.8 Å². The van der Waals surface area contributed by atoms with Gasteiger partial charge in [0.1, 0.15) is 5.82 Å². The van der Waals surface area contributed by atoms with Crippen molar-refractivity contribution in [3.63, 3.8) is 0 Å². The number of pyridine rings is 1. The maximum absolute atomic E-state index is 12.6. The number of thioether (sulfide) groups is 1. The summed E-state index contributed by atoms with van der Waals surface area (Å²) in [4.78, 5) is 23.6. The average molecular weight is 349 g/mol. The van der Waals surface area contributed by atoms with Crippen LogP contribution < -0.4 is 4.90 Å². The Labute approximate surface area is 149 Å². The van der Waals surface area contributed by atoms with E-state index < -0.39 is 0 Å². The van der Waals surface area contributed by atoms with Crippen LogP contribution in [0.1, 0.15) is 19.3 Å². The second kappa shape index (κ2) is 8.21. The summed E-state index contributed by atoms with van der Waals surface area (Å²) in [5.74, 6) is 1.31. The Morgan fingerprint density at radius 1 is 1.29 bits per heavy atom. The number of anilines is 1. The summed E-state index contributed by atoms with van der Waals surface area (Å²) in [6.45, 7) is 4.27. The number of rotatable bonds is 5. The van der Waals surface area contributed by atoms with Crippen LogP contribution in [0.4, 0.5) is 5.82 Å². The van der Waals surface area contributed by atoms with Crippen molar-refractivity contribution in [2.75, 3.05) is 50.9 Å². The van der Waals surface area contributed by atoms with Crippen LogP contribution in [0.15, 0.2) is 24.4 Å². The minimum Gasteiger partial charge on any atom is -0.354 e. The Balaban J connectivity index is 1.45. The Bertz CT molecular complexity index is 533. The molecule has 0 N–H and O–H groups in total. The lowest BCUT2D eigenvalue weighted by Gasteiger charge is -2.36. The second-order valence-corrected chi connectivity index (χ2v) is 7.92. The van der Waals surface area contributed by atoms with Crippen LogP contribution >= 0.6 is 11.8 Å². The van der Waals surface area contributed by atoms with Crippen LogP contribution in [0, 0.1) is 0 Å². The fourth-order valence-electron chi connectivity index (χ4n) is 3.67. The summed E-state index contributed by atoms with van der Waals surface area (Å²) in [6.07, 6.45) is 7.56. The van der Waals surface area contributed by atoms with E-state index in [0.29, 0.717) is 12.6 Å². The van der Waals surface area contributed by atoms with Gasteiger partial charge < -0.3 is 9.80 Å². The van der Waals surface area contributed by atoms with E-state index in [-0.39, 0.29) is 5.91 Å². The zero-order chi connectivity index (χ0) is 16.9. The summed E-state index contributed by atoms with van der Waals surface area (Å²) in [5, 5.41) is 0.729. The number of hydrogen-bond acceptors (Lipinski definition) is 5. The molecule has 1 saturated heterocycles. The van der Waals surface area contributed by atoms with Crippen molar-refractivity contribution < 1.29 is 4.79 Å². The Hall–Kier alpha value is -1.27. The van der Waals surface area contributed by atoms with E-state index in [2.05, 4.69) is 27.1 Å². The fourth-order valence-corrected chi connectivity index (χ4v) is 4.45. The lowest BCUT2D eigenvalue weighted by molar-refractivity contribution is -0.133. The molecule has 0 aromatic carbocycles. The topological polar surface area (TPSA) is 39.7 Å². The first-order valence-electron chi connectivity index (χ1n) is 8.84. The number of piperazine rings is 1. The molecule has 2 fully saturated rings. The molecule has 1 aliphatic carbocycles. The first kappa shape index (κ1) is 17.5. The monoisotopic (exact) mass is 348 g/mol. The van der Waals surface area contributed by atoms with Gasteiger partial charge in [0.2, 0.25) is 5.91 Å². The largest absolute Gasteiger partial charge is 0.354 e. The maximum Gasteiger partial charge on any atom is 0.236 e. The standard InChI is InChI=1S/C18H28N4OS/c1-20(15-6-7-16(13-15)24-2)18(23)14-21-9-11-22(12-10-21)17-5-3-4-8-19-17/h3-5,8,15-16H,6-7,9-14H2,1-2H3/t15-,16-/m0/s1. The van der Waals surface area contributed by atoms with Crippen molar-refractivity contribution in [1.29, 1.82) is 0 Å². The molecule has 1 aromatic rings. The van der Waals surface area contributed by atoms with Gasteiger partial charge in [0.25, 0.3) is 0 Å². The molecule has 24 heavy (non-hydrogen) atoms. The predicted octanol–water partition coefficient (Wildman–Crippen LogP) is 1.95. The van der Waals surface area contributed by atoms with Crippen LogP contribution in [-0.4, -0.2) is 78.0 Å². The van der Waals surface area contributed by atoms with Gasteiger partial charge in [-0.15, -0.1) is 0 Å². The summed E-state index contributed by atoms with van der Waals surface area (Å²) in [6, 6.07) is 6.46. The molecule has 2 aliphatic rings. The SMILES string of the molecule is CS[C@H]1CC[C@H](N(C)C(=O)CN2CCN(c3ccccn3)CC2)C1. The Morgan fingerprint density at radius 3 is 2.71 bits per heavy atom. The minimum absolute atomic E-state index is 0.271. The predicted molar refractivity (Wildman–Crippen MR) is 101 cm³/mol. The van der Waals surface area contributed by atoms with Gasteiger partial charge in [0.05, 0.1) is 6.54 Å². The highest BCUT2D eigenvalue weighted by molar-refractivity contribution is 7.99. The Morgan fingerprint density at radius 2 is 2.08 bits per heavy atom. The number of carbonyl (C=O) groups is 1. The van der Waals surface area contributed by atoms with Crippen LogP contribution in [-0.2, 0) is 4.79 Å². The maximum atomic E-state index is 12.6. The molecule has 0 unspecified atom stereocenters. The zero-order valence-corrected chi connectivity index (χ0v) is 15.5. The second-order valence-electron chi connectivity index (χ2n) is 6.78. The van der Waals surface area contributed by atoms with Crippen LogP contribution in [0.25, 0.3) is 0 Å². The molecule has 0 radical (unpaired) electrons. The summed E-state index contributed by atoms with van der Waals surface area (Å²) >= 11 is 1.94. The molecule has 2 heterocycles. The van der Waals surface area contributed by atoms with E-state index in [4.69, 9.17) is 0 Å². The fraction of sp³-hybridized carbons (Fsp3) is 0.667. The number of amides is 1. The first-order valence-corrected chi connectivity index (χ1v) is 10.1. The van der Waals surface area contributed by atoms with Crippen LogP contribution in [0.3, 0.4) is 0 Å². The molecule has 1 amide bonds. The molecular weight excluding hydrogens is 320 g/mol. The quantitative estimate of drug-likeness (QED) is 0.813. The van der Waals surface area contributed by atoms with Crippen LogP contribution in [0.5, 0.6) is 0 Å². The molecule has 2 atom stereocenters. The lowest BCUT2D eigenvalue weighted by atomic mass is 10.2. The first-order chi connectivity index (χ1) is 11.7. The summed E-state index contributed by atoms with van der Waals surface area (Å²) in [7, 11) is 1.99. The van der Waals surface area contributed by atoms with Crippen molar-refractivity contribution in [3.8, 4) is 0 Å². The molecule has 1 saturated carbocycles. The minimum atomic E-state index is 0.271. The van der Waals surface area contributed by atoms with Crippen molar-refractivity contribution in [2.24, 2.45) is 0 Å². The molecule has 1 aliphatic heterocycles. The average Bonchev–Trinajstić information content (AvgIpc) is 3.11. The highest BCUT2D eigenvalue weighted by atomic mass is 32.2. The molecule has 5 nitrogen and oxygen atoms in total. The van der Waals surface area contributed by atoms with E-state index in [9.17, 15) is 4.79 Å². The molecular formula is C18H28N4OS. The summed E-state index contributed by atoms with van der Waals surface area (Å²) in [5.41, 5.74) is 0. The third-order valence-corrected chi connectivity index (χ3v) is 6.43. The normalized spacial score (nSPS) is 25.0. The molecule has 6 heteroatoms. The number of hydrogen-bond donors (Lipinski definition) is 0. The lowest BCUT2D eigenvalue weighted by Crippen LogP contribution is -2.50. The van der Waals surface area contributed by atoms with Crippen molar-refractivity contribution in [2.45, 2.75) is 30.6 Å². The van der Waals surface area contributed by atoms with Gasteiger partial charge in [-0.3, -0.25) is 9.69 Å². The van der Waals surface area contributed by atoms with Crippen molar-refractivity contribution >= 4 is 23.5 Å². The van der Waals surface area contributed by atoms with Gasteiger partial charge in [-0.25, -0.2) is 4.98 Å². The van der Waals surface area contributed by atoms with Gasteiger partial charge in [-0.05, 0) is 37.7 Å². The van der Waals surface area contributed by atoms with E-state index in [1.807, 2.05) is 42.0 Å². The molecule has 3 rings (SSSR count). The smallest absolute Gasteiger partial charge is 0.236 e. The molecule has 1 aromatic heterocycles. The third-order valence-electron chi connectivity index (χ3n) is 5.34. The highest BCUT2D eigenvalue weighted by Gasteiger charge is 2.30. The Kier molecular flexibility index (Phi) is 6.00. The van der Waals surface area contributed by atoms with E-state index in [1.165, 1.54) is 6.42 Å². The van der Waals surface area contributed by atoms with Crippen molar-refractivity contribution in [3.05, 3.63) is 24.4 Å². The van der Waals surface area contributed by atoms with Gasteiger partial charge in [0, 0.05) is 50.7 Å².